The number of benzene rings is 1. The predicted octanol–water partition coefficient (Wildman–Crippen LogP) is 4.74. The summed E-state index contributed by atoms with van der Waals surface area (Å²) in [5.74, 6) is 0.434. The molecule has 0 aliphatic carbocycles. The molecule has 2 aromatic heterocycles. The number of thioether (sulfide) groups is 1. The summed E-state index contributed by atoms with van der Waals surface area (Å²) in [6.45, 7) is -1.45. The van der Waals surface area contributed by atoms with Crippen LogP contribution in [0.4, 0.5) is 18.0 Å². The molecule has 0 fully saturated rings. The third kappa shape index (κ3) is 5.57. The highest BCUT2D eigenvalue weighted by atomic mass is 32.2. The molecule has 0 radical (unpaired) electrons. The molecule has 142 valence electrons. The maximum atomic E-state index is 12.0. The fourth-order valence-corrected chi connectivity index (χ4v) is 4.09. The Balaban J connectivity index is 1.58. The zero-order valence-electron chi connectivity index (χ0n) is 13.8. The van der Waals surface area contributed by atoms with E-state index >= 15 is 0 Å². The Morgan fingerprint density at radius 2 is 2.00 bits per heavy atom. The molecular weight excluding hydrogens is 399 g/mol. The van der Waals surface area contributed by atoms with E-state index in [1.54, 1.807) is 11.3 Å². The second-order valence-corrected chi connectivity index (χ2v) is 7.46. The van der Waals surface area contributed by atoms with Crippen LogP contribution in [0.2, 0.25) is 0 Å². The van der Waals surface area contributed by atoms with Gasteiger partial charge in [-0.1, -0.05) is 30.3 Å². The number of carbonyl (C=O) groups excluding carboxylic acids is 1. The molecule has 1 amide bonds. The summed E-state index contributed by atoms with van der Waals surface area (Å²) < 4.78 is 40.0. The number of ether oxygens (including phenoxy) is 1. The van der Waals surface area contributed by atoms with Gasteiger partial charge in [-0.25, -0.2) is 14.8 Å². The van der Waals surface area contributed by atoms with E-state index in [2.05, 4.69) is 20.0 Å². The Morgan fingerprint density at radius 3 is 2.74 bits per heavy atom. The second-order valence-electron chi connectivity index (χ2n) is 5.34. The van der Waals surface area contributed by atoms with Gasteiger partial charge in [-0.3, -0.25) is 0 Å². The third-order valence-electron chi connectivity index (χ3n) is 3.33. The van der Waals surface area contributed by atoms with Gasteiger partial charge in [0.15, 0.2) is 6.61 Å². The molecule has 3 rings (SSSR count). The SMILES string of the molecule is O=C(NCCSc1ncnc2sc(-c3ccccc3)cc12)OCC(F)(F)F. The van der Waals surface area contributed by atoms with Crippen molar-refractivity contribution in [3.05, 3.63) is 42.7 Å². The van der Waals surface area contributed by atoms with Crippen molar-refractivity contribution in [1.82, 2.24) is 15.3 Å². The van der Waals surface area contributed by atoms with Gasteiger partial charge in [0.25, 0.3) is 0 Å². The Bertz CT molecular complexity index is 917. The molecule has 0 unspecified atom stereocenters. The van der Waals surface area contributed by atoms with Gasteiger partial charge in [0, 0.05) is 22.6 Å². The molecule has 0 bridgehead atoms. The average molecular weight is 413 g/mol. The molecule has 2 heterocycles. The van der Waals surface area contributed by atoms with Crippen molar-refractivity contribution < 1.29 is 22.7 Å². The lowest BCUT2D eigenvalue weighted by atomic mass is 10.2. The third-order valence-corrected chi connectivity index (χ3v) is 5.43. The zero-order chi connectivity index (χ0) is 19.3. The lowest BCUT2D eigenvalue weighted by Gasteiger charge is -2.08. The van der Waals surface area contributed by atoms with Gasteiger partial charge in [-0.2, -0.15) is 13.2 Å². The molecule has 0 spiro atoms. The summed E-state index contributed by atoms with van der Waals surface area (Å²) in [7, 11) is 0. The van der Waals surface area contributed by atoms with E-state index in [4.69, 9.17) is 0 Å². The number of rotatable bonds is 6. The van der Waals surface area contributed by atoms with Crippen molar-refractivity contribution in [1.29, 1.82) is 0 Å². The largest absolute Gasteiger partial charge is 0.440 e. The van der Waals surface area contributed by atoms with Gasteiger partial charge in [-0.05, 0) is 11.6 Å². The van der Waals surface area contributed by atoms with E-state index in [-0.39, 0.29) is 6.54 Å². The molecule has 10 heteroatoms. The number of aromatic nitrogens is 2. The number of carbonyl (C=O) groups is 1. The number of amides is 1. The summed E-state index contributed by atoms with van der Waals surface area (Å²) in [4.78, 5) is 21.7. The number of thiophene rings is 1. The first-order chi connectivity index (χ1) is 12.9. The number of alkyl halides is 3. The van der Waals surface area contributed by atoms with Crippen molar-refractivity contribution in [2.45, 2.75) is 11.2 Å². The van der Waals surface area contributed by atoms with E-state index in [0.29, 0.717) is 5.75 Å². The summed E-state index contributed by atoms with van der Waals surface area (Å²) >= 11 is 2.94. The Hall–Kier alpha value is -2.33. The normalized spacial score (nSPS) is 11.5. The first-order valence-corrected chi connectivity index (χ1v) is 9.63. The van der Waals surface area contributed by atoms with Crippen LogP contribution in [0.3, 0.4) is 0 Å². The molecule has 0 saturated heterocycles. The number of nitrogens with one attached hydrogen (secondary N) is 1. The van der Waals surface area contributed by atoms with Crippen LogP contribution >= 0.6 is 23.1 Å². The maximum absolute atomic E-state index is 12.0. The van der Waals surface area contributed by atoms with Crippen LogP contribution < -0.4 is 5.32 Å². The molecule has 3 aromatic rings. The molecule has 0 saturated carbocycles. The van der Waals surface area contributed by atoms with Gasteiger partial charge in [0.2, 0.25) is 0 Å². The number of alkyl carbamates (subject to hydrolysis) is 1. The van der Waals surface area contributed by atoms with Crippen molar-refractivity contribution in [2.24, 2.45) is 0 Å². The minimum atomic E-state index is -4.53. The van der Waals surface area contributed by atoms with E-state index < -0.39 is 18.9 Å². The lowest BCUT2D eigenvalue weighted by molar-refractivity contribution is -0.160. The van der Waals surface area contributed by atoms with Gasteiger partial charge in [-0.15, -0.1) is 23.1 Å². The molecule has 27 heavy (non-hydrogen) atoms. The number of nitrogens with zero attached hydrogens (tertiary/aromatic N) is 2. The monoisotopic (exact) mass is 413 g/mol. The van der Waals surface area contributed by atoms with Gasteiger partial charge < -0.3 is 10.1 Å². The number of halogens is 3. The molecule has 0 atom stereocenters. The molecule has 0 aliphatic heterocycles. The van der Waals surface area contributed by atoms with Crippen LogP contribution in [0.1, 0.15) is 0 Å². The summed E-state index contributed by atoms with van der Waals surface area (Å²) in [6, 6.07) is 11.9. The zero-order valence-corrected chi connectivity index (χ0v) is 15.5. The average Bonchev–Trinajstić information content (AvgIpc) is 3.09. The van der Waals surface area contributed by atoms with Crippen LogP contribution in [-0.2, 0) is 4.74 Å². The topological polar surface area (TPSA) is 64.1 Å². The van der Waals surface area contributed by atoms with Gasteiger partial charge in [0.1, 0.15) is 16.2 Å². The Labute approximate surface area is 161 Å². The number of fused-ring (bicyclic) bond motifs is 1. The molecule has 1 N–H and O–H groups in total. The van der Waals surface area contributed by atoms with Gasteiger partial charge in [0.05, 0.1) is 0 Å². The van der Waals surface area contributed by atoms with E-state index in [9.17, 15) is 18.0 Å². The van der Waals surface area contributed by atoms with Gasteiger partial charge >= 0.3 is 12.3 Å². The summed E-state index contributed by atoms with van der Waals surface area (Å²) in [5.41, 5.74) is 1.09. The highest BCUT2D eigenvalue weighted by Gasteiger charge is 2.29. The minimum absolute atomic E-state index is 0.155. The lowest BCUT2D eigenvalue weighted by Crippen LogP contribution is -2.30. The van der Waals surface area contributed by atoms with Crippen molar-refractivity contribution in [3.63, 3.8) is 0 Å². The van der Waals surface area contributed by atoms with Crippen LogP contribution in [0.15, 0.2) is 47.8 Å². The fourth-order valence-electron chi connectivity index (χ4n) is 2.19. The van der Waals surface area contributed by atoms with Crippen LogP contribution in [0, 0.1) is 0 Å². The van der Waals surface area contributed by atoms with Crippen molar-refractivity contribution in [3.8, 4) is 10.4 Å². The minimum Gasteiger partial charge on any atom is -0.440 e. The van der Waals surface area contributed by atoms with Crippen LogP contribution in [0.5, 0.6) is 0 Å². The fraction of sp³-hybridized carbons (Fsp3) is 0.235. The second kappa shape index (κ2) is 8.57. The summed E-state index contributed by atoms with van der Waals surface area (Å²) in [6.07, 6.45) is -4.16. The molecular formula is C17H14F3N3O2S2. The first kappa shape index (κ1) is 19.4. The molecule has 5 nitrogen and oxygen atoms in total. The smallest absolute Gasteiger partial charge is 0.422 e. The van der Waals surface area contributed by atoms with Crippen LogP contribution in [0.25, 0.3) is 20.7 Å². The van der Waals surface area contributed by atoms with E-state index in [0.717, 1.165) is 25.7 Å². The highest BCUT2D eigenvalue weighted by Crippen LogP contribution is 2.35. The van der Waals surface area contributed by atoms with E-state index in [1.807, 2.05) is 36.4 Å². The maximum Gasteiger partial charge on any atom is 0.422 e. The predicted molar refractivity (Wildman–Crippen MR) is 99.0 cm³/mol. The first-order valence-electron chi connectivity index (χ1n) is 7.82. The number of hydrogen-bond acceptors (Lipinski definition) is 6. The summed E-state index contributed by atoms with van der Waals surface area (Å²) in [5, 5.41) is 3.94. The number of hydrogen-bond donors (Lipinski definition) is 1. The highest BCUT2D eigenvalue weighted by molar-refractivity contribution is 7.99. The molecule has 0 aliphatic rings. The Kier molecular flexibility index (Phi) is 6.17. The van der Waals surface area contributed by atoms with Crippen molar-refractivity contribution in [2.75, 3.05) is 18.9 Å². The molecule has 1 aromatic carbocycles. The van der Waals surface area contributed by atoms with Crippen LogP contribution in [-0.4, -0.2) is 41.1 Å². The quantitative estimate of drug-likeness (QED) is 0.359. The standard InChI is InChI=1S/C17H14F3N3O2S2/c18-17(19,20)9-25-16(24)21-6-7-26-14-12-8-13(11-4-2-1-3-5-11)27-15(12)23-10-22-14/h1-5,8,10H,6-7,9H2,(H,21,24). The Morgan fingerprint density at radius 1 is 1.22 bits per heavy atom. The van der Waals surface area contributed by atoms with Crippen molar-refractivity contribution >= 4 is 39.4 Å². The van der Waals surface area contributed by atoms with E-state index in [1.165, 1.54) is 18.1 Å².